The molecule has 2 saturated carbocycles. The molecule has 2 aliphatic rings. The van der Waals surface area contributed by atoms with Crippen molar-refractivity contribution in [2.45, 2.75) is 70.3 Å². The number of hydrogen-bond donors (Lipinski definition) is 0. The normalized spacial score (nSPS) is 29.3. The van der Waals surface area contributed by atoms with Crippen LogP contribution in [0, 0.1) is 17.8 Å². The highest BCUT2D eigenvalue weighted by molar-refractivity contribution is 5.29. The van der Waals surface area contributed by atoms with Crippen LogP contribution < -0.4 is 4.74 Å². The van der Waals surface area contributed by atoms with Gasteiger partial charge in [0.15, 0.2) is 0 Å². The third kappa shape index (κ3) is 6.02. The minimum Gasteiger partial charge on any atom is -0.435 e. The second-order valence-electron chi connectivity index (χ2n) is 8.14. The zero-order valence-electron chi connectivity index (χ0n) is 16.0. The van der Waals surface area contributed by atoms with Crippen LogP contribution in [0.4, 0.5) is 13.2 Å². The Morgan fingerprint density at radius 2 is 1.48 bits per heavy atom. The van der Waals surface area contributed by atoms with Crippen molar-refractivity contribution < 1.29 is 17.9 Å². The van der Waals surface area contributed by atoms with E-state index < -0.39 is 6.61 Å². The lowest BCUT2D eigenvalue weighted by Crippen LogP contribution is -2.25. The summed E-state index contributed by atoms with van der Waals surface area (Å²) in [5.41, 5.74) is 1.25. The van der Waals surface area contributed by atoms with Gasteiger partial charge in [-0.1, -0.05) is 24.3 Å². The Kier molecular flexibility index (Phi) is 7.66. The Labute approximate surface area is 161 Å². The standard InChI is InChI=1S/C23H31F3O/c24-16-2-1-3-17-4-6-18(7-5-17)19-8-10-20(11-9-19)21-12-14-22(15-13-21)27-23(25)26/h1,3,12-15,17-20,23H,2,4-11,16H2/b3-1+/t17-,18-,19?,20?. The fourth-order valence-electron chi connectivity index (χ4n) is 5.01. The maximum absolute atomic E-state index is 12.3. The first-order valence-electron chi connectivity index (χ1n) is 10.4. The molecule has 0 saturated heterocycles. The summed E-state index contributed by atoms with van der Waals surface area (Å²) in [6.45, 7) is -3.02. The van der Waals surface area contributed by atoms with E-state index in [1.807, 2.05) is 18.2 Å². The molecule has 0 aromatic heterocycles. The zero-order valence-corrected chi connectivity index (χ0v) is 16.0. The van der Waals surface area contributed by atoms with Crippen molar-refractivity contribution in [2.24, 2.45) is 17.8 Å². The van der Waals surface area contributed by atoms with Gasteiger partial charge >= 0.3 is 6.61 Å². The fraction of sp³-hybridized carbons (Fsp3) is 0.652. The van der Waals surface area contributed by atoms with E-state index in [0.29, 0.717) is 18.3 Å². The lowest BCUT2D eigenvalue weighted by molar-refractivity contribution is -0.0498. The molecule has 0 radical (unpaired) electrons. The molecule has 0 amide bonds. The molecule has 1 nitrogen and oxygen atoms in total. The van der Waals surface area contributed by atoms with Gasteiger partial charge in [0.2, 0.25) is 0 Å². The molecule has 0 aliphatic heterocycles. The van der Waals surface area contributed by atoms with E-state index in [1.165, 1.54) is 56.9 Å². The molecule has 0 N–H and O–H groups in total. The van der Waals surface area contributed by atoms with Gasteiger partial charge in [-0.05, 0) is 99.2 Å². The Morgan fingerprint density at radius 1 is 0.889 bits per heavy atom. The Hall–Kier alpha value is -1.45. The summed E-state index contributed by atoms with van der Waals surface area (Å²) in [6.07, 6.45) is 14.8. The molecular formula is C23H31F3O. The minimum absolute atomic E-state index is 0.236. The molecule has 150 valence electrons. The molecule has 0 unspecified atom stereocenters. The predicted molar refractivity (Wildman–Crippen MR) is 103 cm³/mol. The zero-order chi connectivity index (χ0) is 19.1. The highest BCUT2D eigenvalue weighted by Gasteiger charge is 2.30. The van der Waals surface area contributed by atoms with Gasteiger partial charge in [0, 0.05) is 0 Å². The van der Waals surface area contributed by atoms with Crippen LogP contribution in [-0.4, -0.2) is 13.3 Å². The Bertz CT molecular complexity index is 568. The van der Waals surface area contributed by atoms with E-state index in [1.54, 1.807) is 12.1 Å². The molecule has 0 heterocycles. The molecule has 1 aromatic rings. The van der Waals surface area contributed by atoms with Crippen molar-refractivity contribution in [3.8, 4) is 5.75 Å². The summed E-state index contributed by atoms with van der Waals surface area (Å²) < 4.78 is 41.1. The maximum Gasteiger partial charge on any atom is 0.387 e. The van der Waals surface area contributed by atoms with Gasteiger partial charge in [-0.3, -0.25) is 4.39 Å². The van der Waals surface area contributed by atoms with Crippen LogP contribution in [0.25, 0.3) is 0 Å². The van der Waals surface area contributed by atoms with Gasteiger partial charge in [0.05, 0.1) is 6.67 Å². The molecular weight excluding hydrogens is 349 g/mol. The predicted octanol–water partition coefficient (Wildman–Crippen LogP) is 7.28. The van der Waals surface area contributed by atoms with Crippen molar-refractivity contribution in [1.29, 1.82) is 0 Å². The van der Waals surface area contributed by atoms with Crippen molar-refractivity contribution in [2.75, 3.05) is 6.67 Å². The summed E-state index contributed by atoms with van der Waals surface area (Å²) in [4.78, 5) is 0. The van der Waals surface area contributed by atoms with Crippen LogP contribution in [-0.2, 0) is 0 Å². The van der Waals surface area contributed by atoms with Gasteiger partial charge in [0.1, 0.15) is 5.75 Å². The molecule has 4 heteroatoms. The third-order valence-electron chi connectivity index (χ3n) is 6.52. The molecule has 0 bridgehead atoms. The van der Waals surface area contributed by atoms with Crippen LogP contribution in [0.15, 0.2) is 36.4 Å². The number of benzene rings is 1. The van der Waals surface area contributed by atoms with E-state index >= 15 is 0 Å². The number of halogens is 3. The number of allylic oxidation sites excluding steroid dienone is 2. The van der Waals surface area contributed by atoms with Crippen LogP contribution >= 0.6 is 0 Å². The average molecular weight is 380 g/mol. The number of alkyl halides is 3. The summed E-state index contributed by atoms with van der Waals surface area (Å²) in [6, 6.07) is 7.20. The summed E-state index contributed by atoms with van der Waals surface area (Å²) in [7, 11) is 0. The van der Waals surface area contributed by atoms with E-state index in [2.05, 4.69) is 10.8 Å². The van der Waals surface area contributed by atoms with Crippen molar-refractivity contribution in [3.05, 3.63) is 42.0 Å². The Balaban J connectivity index is 1.43. The van der Waals surface area contributed by atoms with Gasteiger partial charge in [-0.15, -0.1) is 0 Å². The second-order valence-corrected chi connectivity index (χ2v) is 8.14. The SMILES string of the molecule is FCC/C=C/[C@H]1CC[C@H](C2CCC(c3ccc(OC(F)F)cc3)CC2)CC1. The molecule has 0 spiro atoms. The topological polar surface area (TPSA) is 9.23 Å². The summed E-state index contributed by atoms with van der Waals surface area (Å²) in [5.74, 6) is 3.11. The number of rotatable bonds is 7. The van der Waals surface area contributed by atoms with Crippen LogP contribution in [0.1, 0.15) is 69.3 Å². The maximum atomic E-state index is 12.3. The highest BCUT2D eigenvalue weighted by atomic mass is 19.3. The summed E-state index contributed by atoms with van der Waals surface area (Å²) in [5, 5.41) is 0. The molecule has 1 aromatic carbocycles. The minimum atomic E-state index is -2.76. The smallest absolute Gasteiger partial charge is 0.387 e. The molecule has 2 fully saturated rings. The van der Waals surface area contributed by atoms with Crippen LogP contribution in [0.2, 0.25) is 0 Å². The van der Waals surface area contributed by atoms with Crippen molar-refractivity contribution >= 4 is 0 Å². The van der Waals surface area contributed by atoms with Gasteiger partial charge < -0.3 is 4.74 Å². The van der Waals surface area contributed by atoms with Gasteiger partial charge in [0.25, 0.3) is 0 Å². The molecule has 27 heavy (non-hydrogen) atoms. The first-order valence-corrected chi connectivity index (χ1v) is 10.4. The van der Waals surface area contributed by atoms with Crippen LogP contribution in [0.5, 0.6) is 5.75 Å². The van der Waals surface area contributed by atoms with Gasteiger partial charge in [-0.25, -0.2) is 0 Å². The van der Waals surface area contributed by atoms with Gasteiger partial charge in [-0.2, -0.15) is 8.78 Å². The van der Waals surface area contributed by atoms with E-state index in [-0.39, 0.29) is 12.4 Å². The monoisotopic (exact) mass is 380 g/mol. The fourth-order valence-corrected chi connectivity index (χ4v) is 5.01. The van der Waals surface area contributed by atoms with Crippen LogP contribution in [0.3, 0.4) is 0 Å². The number of ether oxygens (including phenoxy) is 1. The number of hydrogen-bond acceptors (Lipinski definition) is 1. The quantitative estimate of drug-likeness (QED) is 0.451. The average Bonchev–Trinajstić information content (AvgIpc) is 2.69. The first-order chi connectivity index (χ1) is 13.2. The lowest BCUT2D eigenvalue weighted by Gasteiger charge is -2.37. The molecule has 2 aliphatic carbocycles. The first kappa shape index (κ1) is 20.3. The molecule has 0 atom stereocenters. The van der Waals surface area contributed by atoms with E-state index in [9.17, 15) is 13.2 Å². The summed E-state index contributed by atoms with van der Waals surface area (Å²) >= 11 is 0. The van der Waals surface area contributed by atoms with Crippen molar-refractivity contribution in [1.82, 2.24) is 0 Å². The van der Waals surface area contributed by atoms with E-state index in [0.717, 1.165) is 11.8 Å². The Morgan fingerprint density at radius 3 is 2.04 bits per heavy atom. The largest absolute Gasteiger partial charge is 0.435 e. The van der Waals surface area contributed by atoms with Crippen molar-refractivity contribution in [3.63, 3.8) is 0 Å². The third-order valence-corrected chi connectivity index (χ3v) is 6.52. The lowest BCUT2D eigenvalue weighted by atomic mass is 9.68. The second kappa shape index (κ2) is 10.2. The highest BCUT2D eigenvalue weighted by Crippen LogP contribution is 2.44. The van der Waals surface area contributed by atoms with E-state index in [4.69, 9.17) is 0 Å². The molecule has 3 rings (SSSR count).